The van der Waals surface area contributed by atoms with Crippen molar-refractivity contribution < 1.29 is 14.3 Å². The molecular weight excluding hydrogens is 120 g/mol. The van der Waals surface area contributed by atoms with E-state index in [4.69, 9.17) is 0 Å². The summed E-state index contributed by atoms with van der Waals surface area (Å²) in [4.78, 5) is 20.1. The summed E-state index contributed by atoms with van der Waals surface area (Å²) >= 11 is 0. The lowest BCUT2D eigenvalue weighted by Crippen LogP contribution is -2.00. The molecule has 0 bridgehead atoms. The quantitative estimate of drug-likeness (QED) is 0.397. The van der Waals surface area contributed by atoms with Gasteiger partial charge < -0.3 is 4.74 Å². The van der Waals surface area contributed by atoms with Crippen LogP contribution in [0.5, 0.6) is 0 Å². The molecule has 9 heavy (non-hydrogen) atoms. The van der Waals surface area contributed by atoms with Gasteiger partial charge in [0.1, 0.15) is 5.94 Å². The van der Waals surface area contributed by atoms with Gasteiger partial charge in [0.15, 0.2) is 0 Å². The average molecular weight is 128 g/mol. The van der Waals surface area contributed by atoms with Gasteiger partial charge in [-0.2, -0.15) is 0 Å². The van der Waals surface area contributed by atoms with Gasteiger partial charge in [0.25, 0.3) is 0 Å². The van der Waals surface area contributed by atoms with Gasteiger partial charge in [-0.1, -0.05) is 0 Å². The molecule has 50 valence electrons. The molecule has 0 aliphatic heterocycles. The van der Waals surface area contributed by atoms with Gasteiger partial charge in [-0.15, -0.1) is 0 Å². The second-order valence-electron chi connectivity index (χ2n) is 1.64. The van der Waals surface area contributed by atoms with Crippen molar-refractivity contribution in [3.8, 4) is 0 Å². The van der Waals surface area contributed by atoms with Crippen LogP contribution in [-0.2, 0) is 14.3 Å². The molecule has 0 N–H and O–H groups in total. The van der Waals surface area contributed by atoms with Crippen LogP contribution in [0.2, 0.25) is 0 Å². The Hall–Kier alpha value is -1.08. The van der Waals surface area contributed by atoms with Crippen LogP contribution in [0.1, 0.15) is 13.3 Å². The third-order valence-corrected chi connectivity index (χ3v) is 0.811. The molecule has 0 spiro atoms. The lowest BCUT2D eigenvalue weighted by atomic mass is 10.2. The normalized spacial score (nSPS) is 7.78. The van der Waals surface area contributed by atoms with E-state index in [-0.39, 0.29) is 6.42 Å². The van der Waals surface area contributed by atoms with Crippen molar-refractivity contribution in [3.63, 3.8) is 0 Å². The van der Waals surface area contributed by atoms with E-state index >= 15 is 0 Å². The minimum Gasteiger partial charge on any atom is -0.469 e. The molecule has 3 nitrogen and oxygen atoms in total. The van der Waals surface area contributed by atoms with Gasteiger partial charge in [-0.25, -0.2) is 4.79 Å². The highest BCUT2D eigenvalue weighted by Gasteiger charge is 2.00. The molecule has 0 rings (SSSR count). The number of rotatable bonds is 2. The summed E-state index contributed by atoms with van der Waals surface area (Å²) in [5.74, 6) is 1.19. The van der Waals surface area contributed by atoms with Gasteiger partial charge in [0.2, 0.25) is 0 Å². The van der Waals surface area contributed by atoms with Crippen LogP contribution >= 0.6 is 0 Å². The summed E-state index contributed by atoms with van der Waals surface area (Å²) < 4.78 is 4.28. The first-order valence-electron chi connectivity index (χ1n) is 2.48. The van der Waals surface area contributed by atoms with Crippen molar-refractivity contribution in [2.45, 2.75) is 13.3 Å². The minimum atomic E-state index is -0.407. The molecule has 0 atom stereocenters. The average Bonchev–Trinajstić information content (AvgIpc) is 1.87. The number of hydrogen-bond donors (Lipinski definition) is 0. The number of esters is 1. The molecule has 0 aliphatic carbocycles. The number of methoxy groups -OCH3 is 1. The second-order valence-corrected chi connectivity index (χ2v) is 1.64. The van der Waals surface area contributed by atoms with Crippen molar-refractivity contribution in [1.82, 2.24) is 0 Å². The molecule has 0 saturated carbocycles. The number of ether oxygens (including phenoxy) is 1. The SMILES string of the molecule is COC(=O)CC(C)=C=O. The van der Waals surface area contributed by atoms with Gasteiger partial charge in [-0.05, 0) is 6.92 Å². The zero-order valence-electron chi connectivity index (χ0n) is 5.43. The second kappa shape index (κ2) is 3.87. The van der Waals surface area contributed by atoms with Crippen LogP contribution in [0.25, 0.3) is 0 Å². The maximum atomic E-state index is 10.4. The summed E-state index contributed by atoms with van der Waals surface area (Å²) in [7, 11) is 1.28. The van der Waals surface area contributed by atoms with Crippen molar-refractivity contribution in [2.75, 3.05) is 7.11 Å². The summed E-state index contributed by atoms with van der Waals surface area (Å²) in [6, 6.07) is 0. The summed E-state index contributed by atoms with van der Waals surface area (Å²) in [5.41, 5.74) is 0.363. The van der Waals surface area contributed by atoms with E-state index < -0.39 is 5.97 Å². The Morgan fingerprint density at radius 3 is 2.56 bits per heavy atom. The van der Waals surface area contributed by atoms with Crippen LogP contribution in [0, 0.1) is 0 Å². The molecule has 0 radical (unpaired) electrons. The first kappa shape index (κ1) is 7.92. The van der Waals surface area contributed by atoms with E-state index in [1.54, 1.807) is 5.94 Å². The Kier molecular flexibility index (Phi) is 3.40. The zero-order chi connectivity index (χ0) is 7.28. The highest BCUT2D eigenvalue weighted by molar-refractivity contribution is 5.75. The fourth-order valence-electron chi connectivity index (χ4n) is 0.325. The number of carbonyl (C=O) groups is 1. The molecule has 0 amide bonds. The Labute approximate surface area is 53.3 Å². The summed E-state index contributed by atoms with van der Waals surface area (Å²) in [6.45, 7) is 1.53. The van der Waals surface area contributed by atoms with Gasteiger partial charge in [0.05, 0.1) is 13.5 Å². The van der Waals surface area contributed by atoms with E-state index in [0.717, 1.165) is 0 Å². The van der Waals surface area contributed by atoms with Crippen LogP contribution < -0.4 is 0 Å². The predicted octanol–water partition coefficient (Wildman–Crippen LogP) is 0.327. The number of hydrogen-bond acceptors (Lipinski definition) is 3. The monoisotopic (exact) mass is 128 g/mol. The maximum Gasteiger partial charge on any atom is 0.310 e. The minimum absolute atomic E-state index is 0.0417. The van der Waals surface area contributed by atoms with Gasteiger partial charge >= 0.3 is 5.97 Å². The Bertz CT molecular complexity index is 154. The van der Waals surface area contributed by atoms with Crippen LogP contribution in [0.3, 0.4) is 0 Å². The van der Waals surface area contributed by atoms with Crippen molar-refractivity contribution in [1.29, 1.82) is 0 Å². The predicted molar refractivity (Wildman–Crippen MR) is 31.5 cm³/mol. The molecule has 0 aromatic heterocycles. The van der Waals surface area contributed by atoms with Gasteiger partial charge in [0, 0.05) is 5.57 Å². The first-order chi connectivity index (χ1) is 4.20. The fourth-order valence-corrected chi connectivity index (χ4v) is 0.325. The van der Waals surface area contributed by atoms with Crippen molar-refractivity contribution >= 4 is 11.9 Å². The van der Waals surface area contributed by atoms with E-state index in [2.05, 4.69) is 4.74 Å². The fraction of sp³-hybridized carbons (Fsp3) is 0.500. The first-order valence-corrected chi connectivity index (χ1v) is 2.48. The Morgan fingerprint density at radius 2 is 2.22 bits per heavy atom. The van der Waals surface area contributed by atoms with Gasteiger partial charge in [-0.3, -0.25) is 4.79 Å². The maximum absolute atomic E-state index is 10.4. The molecule has 3 heteroatoms. The summed E-state index contributed by atoms with van der Waals surface area (Å²) in [5, 5.41) is 0. The Balaban J connectivity index is 3.74. The van der Waals surface area contributed by atoms with Crippen LogP contribution in [-0.4, -0.2) is 19.0 Å². The number of carbonyl (C=O) groups excluding carboxylic acids is 2. The Morgan fingerprint density at radius 1 is 1.67 bits per heavy atom. The molecule has 0 saturated heterocycles. The molecule has 0 aliphatic rings. The molecule has 0 fully saturated rings. The topological polar surface area (TPSA) is 43.4 Å². The molecule has 0 aromatic rings. The third-order valence-electron chi connectivity index (χ3n) is 0.811. The zero-order valence-corrected chi connectivity index (χ0v) is 5.43. The standard InChI is InChI=1S/C6H8O3/c1-5(4-7)3-6(8)9-2/h3H2,1-2H3. The molecule has 0 heterocycles. The lowest BCUT2D eigenvalue weighted by molar-refractivity contribution is -0.139. The summed E-state index contributed by atoms with van der Waals surface area (Å²) in [6.07, 6.45) is 0.0417. The largest absolute Gasteiger partial charge is 0.469 e. The molecular formula is C6H8O3. The highest BCUT2D eigenvalue weighted by atomic mass is 16.5. The van der Waals surface area contributed by atoms with E-state index in [1.165, 1.54) is 14.0 Å². The lowest BCUT2D eigenvalue weighted by Gasteiger charge is -1.92. The van der Waals surface area contributed by atoms with E-state index in [1.807, 2.05) is 0 Å². The van der Waals surface area contributed by atoms with Crippen LogP contribution in [0.15, 0.2) is 5.57 Å². The van der Waals surface area contributed by atoms with Crippen molar-refractivity contribution in [3.05, 3.63) is 5.57 Å². The van der Waals surface area contributed by atoms with Crippen LogP contribution in [0.4, 0.5) is 0 Å². The van der Waals surface area contributed by atoms with Crippen molar-refractivity contribution in [2.24, 2.45) is 0 Å². The van der Waals surface area contributed by atoms with E-state index in [9.17, 15) is 9.59 Å². The third kappa shape index (κ3) is 3.50. The molecule has 0 aromatic carbocycles. The highest BCUT2D eigenvalue weighted by Crippen LogP contribution is 1.94. The van der Waals surface area contributed by atoms with E-state index in [0.29, 0.717) is 5.57 Å². The molecule has 0 unspecified atom stereocenters. The smallest absolute Gasteiger partial charge is 0.310 e.